The van der Waals surface area contributed by atoms with E-state index < -0.39 is 0 Å². The number of nitrogens with two attached hydrogens (primary N) is 1. The largest absolute Gasteiger partial charge is 0.399 e. The number of nitrogen functional groups attached to an aromatic ring is 1. The van der Waals surface area contributed by atoms with Gasteiger partial charge in [0.15, 0.2) is 0 Å². The van der Waals surface area contributed by atoms with Gasteiger partial charge in [-0.15, -0.1) is 12.4 Å². The average Bonchev–Trinajstić information content (AvgIpc) is 2.44. The lowest BCUT2D eigenvalue weighted by molar-refractivity contribution is -0.121. The van der Waals surface area contributed by atoms with Crippen molar-refractivity contribution < 1.29 is 9.59 Å². The minimum absolute atomic E-state index is 0. The highest BCUT2D eigenvalue weighted by Gasteiger charge is 2.20. The summed E-state index contributed by atoms with van der Waals surface area (Å²) in [6, 6.07) is 4.75. The third-order valence-corrected chi connectivity index (χ3v) is 3.22. The van der Waals surface area contributed by atoms with E-state index in [0.29, 0.717) is 29.4 Å². The predicted molar refractivity (Wildman–Crippen MR) is 92.6 cm³/mol. The van der Waals surface area contributed by atoms with Crippen LogP contribution in [0.2, 0.25) is 5.02 Å². The second kappa shape index (κ2) is 10.3. The minimum atomic E-state index is -0.256. The second-order valence-corrected chi connectivity index (χ2v) is 5.22. The van der Waals surface area contributed by atoms with Gasteiger partial charge in [0.2, 0.25) is 5.91 Å². The molecule has 0 spiro atoms. The third-order valence-electron chi connectivity index (χ3n) is 2.91. The standard InChI is InChI=1S/C15H22ClN3O2.ClH/c1-3-7-18-14(20)10-19(8-4-2)15(21)12-6-5-11(17)9-13(12)16;/h5-6,9H,3-4,7-8,10,17H2,1-2H3,(H,18,20);1H. The Kier molecular flexibility index (Phi) is 9.61. The summed E-state index contributed by atoms with van der Waals surface area (Å²) in [5, 5.41) is 3.07. The summed E-state index contributed by atoms with van der Waals surface area (Å²) in [4.78, 5) is 25.8. The molecule has 0 fully saturated rings. The van der Waals surface area contributed by atoms with Crippen LogP contribution in [0, 0.1) is 0 Å². The van der Waals surface area contributed by atoms with E-state index in [-0.39, 0.29) is 30.8 Å². The molecular weight excluding hydrogens is 325 g/mol. The number of hydrogen-bond acceptors (Lipinski definition) is 3. The lowest BCUT2D eigenvalue weighted by atomic mass is 10.1. The lowest BCUT2D eigenvalue weighted by Gasteiger charge is -2.22. The number of halogens is 2. The van der Waals surface area contributed by atoms with Gasteiger partial charge in [0.25, 0.3) is 5.91 Å². The third kappa shape index (κ3) is 6.12. The molecule has 2 amide bonds. The fraction of sp³-hybridized carbons (Fsp3) is 0.467. The summed E-state index contributed by atoms with van der Waals surface area (Å²) in [6.45, 7) is 5.07. The van der Waals surface area contributed by atoms with Gasteiger partial charge in [0, 0.05) is 18.8 Å². The van der Waals surface area contributed by atoms with E-state index >= 15 is 0 Å². The molecule has 0 aliphatic carbocycles. The molecule has 1 aromatic carbocycles. The predicted octanol–water partition coefficient (Wildman–Crippen LogP) is 2.72. The molecule has 0 aromatic heterocycles. The number of amides is 2. The molecule has 0 aliphatic heterocycles. The summed E-state index contributed by atoms with van der Waals surface area (Å²) in [6.07, 6.45) is 1.62. The maximum absolute atomic E-state index is 12.5. The summed E-state index contributed by atoms with van der Waals surface area (Å²) < 4.78 is 0. The molecule has 3 N–H and O–H groups in total. The Morgan fingerprint density at radius 1 is 1.27 bits per heavy atom. The molecule has 0 saturated carbocycles. The van der Waals surface area contributed by atoms with Gasteiger partial charge in [-0.05, 0) is 31.0 Å². The molecule has 124 valence electrons. The van der Waals surface area contributed by atoms with Crippen LogP contribution in [0.15, 0.2) is 18.2 Å². The van der Waals surface area contributed by atoms with E-state index in [2.05, 4.69) is 5.32 Å². The van der Waals surface area contributed by atoms with Crippen molar-refractivity contribution >= 4 is 41.5 Å². The molecule has 1 aromatic rings. The van der Waals surface area contributed by atoms with E-state index in [1.807, 2.05) is 13.8 Å². The van der Waals surface area contributed by atoms with Crippen molar-refractivity contribution in [2.24, 2.45) is 0 Å². The fourth-order valence-corrected chi connectivity index (χ4v) is 2.16. The van der Waals surface area contributed by atoms with Crippen molar-refractivity contribution in [2.45, 2.75) is 26.7 Å². The first kappa shape index (κ1) is 20.5. The van der Waals surface area contributed by atoms with Crippen molar-refractivity contribution in [3.63, 3.8) is 0 Å². The number of carbonyl (C=O) groups is 2. The Morgan fingerprint density at radius 3 is 2.50 bits per heavy atom. The van der Waals surface area contributed by atoms with Crippen LogP contribution in [0.1, 0.15) is 37.0 Å². The first-order valence-electron chi connectivity index (χ1n) is 7.10. The number of hydrogen-bond donors (Lipinski definition) is 2. The van der Waals surface area contributed by atoms with Crippen molar-refractivity contribution in [3.05, 3.63) is 28.8 Å². The van der Waals surface area contributed by atoms with Gasteiger partial charge in [-0.25, -0.2) is 0 Å². The van der Waals surface area contributed by atoms with Gasteiger partial charge >= 0.3 is 0 Å². The number of rotatable bonds is 7. The molecule has 22 heavy (non-hydrogen) atoms. The van der Waals surface area contributed by atoms with Crippen LogP contribution < -0.4 is 11.1 Å². The van der Waals surface area contributed by atoms with Crippen LogP contribution in [-0.2, 0) is 4.79 Å². The maximum atomic E-state index is 12.5. The van der Waals surface area contributed by atoms with Crippen LogP contribution in [0.25, 0.3) is 0 Å². The van der Waals surface area contributed by atoms with Gasteiger partial charge in [-0.3, -0.25) is 9.59 Å². The van der Waals surface area contributed by atoms with Gasteiger partial charge in [0.1, 0.15) is 0 Å². The van der Waals surface area contributed by atoms with Crippen molar-refractivity contribution in [1.82, 2.24) is 10.2 Å². The van der Waals surface area contributed by atoms with E-state index in [0.717, 1.165) is 12.8 Å². The highest BCUT2D eigenvalue weighted by molar-refractivity contribution is 6.34. The Balaban J connectivity index is 0.00000441. The molecule has 0 unspecified atom stereocenters. The summed E-state index contributed by atoms with van der Waals surface area (Å²) in [7, 11) is 0. The highest BCUT2D eigenvalue weighted by Crippen LogP contribution is 2.20. The molecule has 0 saturated heterocycles. The average molecular weight is 348 g/mol. The number of anilines is 1. The van der Waals surface area contributed by atoms with Crippen molar-refractivity contribution in [1.29, 1.82) is 0 Å². The second-order valence-electron chi connectivity index (χ2n) is 4.82. The summed E-state index contributed by atoms with van der Waals surface area (Å²) in [5.74, 6) is -0.418. The van der Waals surface area contributed by atoms with Crippen LogP contribution in [0.5, 0.6) is 0 Å². The van der Waals surface area contributed by atoms with E-state index in [9.17, 15) is 9.59 Å². The molecule has 5 nitrogen and oxygen atoms in total. The molecule has 0 atom stereocenters. The minimum Gasteiger partial charge on any atom is -0.399 e. The number of benzene rings is 1. The molecule has 0 aliphatic rings. The van der Waals surface area contributed by atoms with Crippen LogP contribution in [0.4, 0.5) is 5.69 Å². The molecule has 1 rings (SSSR count). The lowest BCUT2D eigenvalue weighted by Crippen LogP contribution is -2.41. The monoisotopic (exact) mass is 347 g/mol. The maximum Gasteiger partial charge on any atom is 0.255 e. The molecule has 0 bridgehead atoms. The van der Waals surface area contributed by atoms with Gasteiger partial charge in [-0.2, -0.15) is 0 Å². The fourth-order valence-electron chi connectivity index (χ4n) is 1.89. The van der Waals surface area contributed by atoms with E-state index in [1.165, 1.54) is 11.0 Å². The molecule has 0 radical (unpaired) electrons. The molecular formula is C15H23Cl2N3O2. The zero-order valence-electron chi connectivity index (χ0n) is 12.9. The molecule has 0 heterocycles. The SMILES string of the molecule is CCCNC(=O)CN(CCC)C(=O)c1ccc(N)cc1Cl.Cl. The highest BCUT2D eigenvalue weighted by atomic mass is 35.5. The quantitative estimate of drug-likeness (QED) is 0.744. The number of nitrogens with zero attached hydrogens (tertiary/aromatic N) is 1. The number of carbonyl (C=O) groups excluding carboxylic acids is 2. The summed E-state index contributed by atoms with van der Waals surface area (Å²) >= 11 is 6.06. The van der Waals surface area contributed by atoms with Gasteiger partial charge < -0.3 is 16.0 Å². The number of nitrogens with one attached hydrogen (secondary N) is 1. The first-order chi connectivity index (χ1) is 9.99. The zero-order valence-corrected chi connectivity index (χ0v) is 14.5. The normalized spacial score (nSPS) is 9.77. The van der Waals surface area contributed by atoms with Crippen LogP contribution >= 0.6 is 24.0 Å². The Hall–Kier alpha value is -1.46. The first-order valence-corrected chi connectivity index (χ1v) is 7.48. The van der Waals surface area contributed by atoms with Gasteiger partial charge in [-0.1, -0.05) is 25.4 Å². The Bertz CT molecular complexity index is 510. The van der Waals surface area contributed by atoms with Crippen LogP contribution in [-0.4, -0.2) is 36.3 Å². The zero-order chi connectivity index (χ0) is 15.8. The van der Waals surface area contributed by atoms with Gasteiger partial charge in [0.05, 0.1) is 17.1 Å². The van der Waals surface area contributed by atoms with Crippen molar-refractivity contribution in [3.8, 4) is 0 Å². The molecule has 7 heteroatoms. The van der Waals surface area contributed by atoms with E-state index in [4.69, 9.17) is 17.3 Å². The Morgan fingerprint density at radius 2 is 1.95 bits per heavy atom. The van der Waals surface area contributed by atoms with Crippen molar-refractivity contribution in [2.75, 3.05) is 25.4 Å². The smallest absolute Gasteiger partial charge is 0.255 e. The Labute approximate surface area is 142 Å². The topological polar surface area (TPSA) is 75.4 Å². The van der Waals surface area contributed by atoms with Crippen LogP contribution in [0.3, 0.4) is 0 Å². The van der Waals surface area contributed by atoms with E-state index in [1.54, 1.807) is 12.1 Å². The summed E-state index contributed by atoms with van der Waals surface area (Å²) in [5.41, 5.74) is 6.49.